The third-order valence-corrected chi connectivity index (χ3v) is 6.36. The monoisotopic (exact) mass is 503 g/mol. The van der Waals surface area contributed by atoms with Gasteiger partial charge >= 0.3 is 12.6 Å². The number of ether oxygens (including phenoxy) is 2. The van der Waals surface area contributed by atoms with E-state index in [9.17, 15) is 22.0 Å². The second-order valence-corrected chi connectivity index (χ2v) is 9.84. The molecule has 3 N–H and O–H groups in total. The number of nitrogens with two attached hydrogens (primary N) is 1. The first kappa shape index (κ1) is 24.6. The van der Waals surface area contributed by atoms with Gasteiger partial charge in [-0.15, -0.1) is 0 Å². The summed E-state index contributed by atoms with van der Waals surface area (Å²) in [6.07, 6.45) is 0.541. The fraction of sp³-hybridized carbons (Fsp3) is 0.240. The first-order chi connectivity index (χ1) is 16.6. The van der Waals surface area contributed by atoms with Crippen molar-refractivity contribution in [2.75, 3.05) is 0 Å². The van der Waals surface area contributed by atoms with Crippen LogP contribution in [0.4, 0.5) is 8.78 Å². The molecule has 0 amide bonds. The highest BCUT2D eigenvalue weighted by molar-refractivity contribution is 7.88. The summed E-state index contributed by atoms with van der Waals surface area (Å²) >= 11 is 0. The zero-order valence-corrected chi connectivity index (χ0v) is 19.3. The number of hydrogen-bond donors (Lipinski definition) is 2. The number of aliphatic carboxylic acids is 1. The van der Waals surface area contributed by atoms with E-state index in [1.165, 1.54) is 6.07 Å². The molecule has 4 rings (SSSR count). The molecule has 0 fully saturated rings. The fourth-order valence-corrected chi connectivity index (χ4v) is 4.83. The number of alkyl halides is 2. The minimum atomic E-state index is -3.80. The summed E-state index contributed by atoms with van der Waals surface area (Å²) in [5, 5.41) is 14.0. The molecule has 7 nitrogen and oxygen atoms in total. The van der Waals surface area contributed by atoms with Gasteiger partial charge in [-0.3, -0.25) is 4.79 Å². The Bertz CT molecular complexity index is 1340. The number of fused-ring (bicyclic) bond motifs is 3. The molecule has 0 aromatic heterocycles. The van der Waals surface area contributed by atoms with Gasteiger partial charge < -0.3 is 14.6 Å². The molecule has 0 bridgehead atoms. The molecule has 35 heavy (non-hydrogen) atoms. The summed E-state index contributed by atoms with van der Waals surface area (Å²) in [7, 11) is -3.80. The van der Waals surface area contributed by atoms with Crippen LogP contribution >= 0.6 is 0 Å². The third kappa shape index (κ3) is 5.95. The lowest BCUT2D eigenvalue weighted by Crippen LogP contribution is -2.18. The summed E-state index contributed by atoms with van der Waals surface area (Å²) in [5.74, 6) is -0.939. The Labute approximate surface area is 201 Å². The minimum Gasteiger partial charge on any atom is -0.481 e. The number of aryl methyl sites for hydroxylation is 1. The fourth-order valence-electron chi connectivity index (χ4n) is 4.19. The van der Waals surface area contributed by atoms with Crippen molar-refractivity contribution in [2.45, 2.75) is 37.7 Å². The maximum absolute atomic E-state index is 13.1. The maximum atomic E-state index is 13.1. The lowest BCUT2D eigenvalue weighted by atomic mass is 9.87. The molecule has 0 saturated heterocycles. The average molecular weight is 504 g/mol. The average Bonchev–Trinajstić information content (AvgIpc) is 2.77. The van der Waals surface area contributed by atoms with Gasteiger partial charge in [0.2, 0.25) is 10.0 Å². The van der Waals surface area contributed by atoms with E-state index in [0.717, 1.165) is 11.1 Å². The molecular weight excluding hydrogens is 480 g/mol. The van der Waals surface area contributed by atoms with E-state index in [2.05, 4.69) is 0 Å². The molecule has 3 aromatic rings. The van der Waals surface area contributed by atoms with E-state index < -0.39 is 34.5 Å². The Hall–Kier alpha value is -3.50. The smallest absolute Gasteiger partial charge is 0.387 e. The van der Waals surface area contributed by atoms with Crippen molar-refractivity contribution < 1.29 is 36.6 Å². The highest BCUT2D eigenvalue weighted by Crippen LogP contribution is 2.49. The van der Waals surface area contributed by atoms with Gasteiger partial charge in [0, 0.05) is 12.0 Å². The van der Waals surface area contributed by atoms with Crippen LogP contribution in [0.15, 0.2) is 60.7 Å². The topological polar surface area (TPSA) is 116 Å². The van der Waals surface area contributed by atoms with Gasteiger partial charge in [0.15, 0.2) is 0 Å². The number of carboxylic acids is 1. The molecule has 1 atom stereocenters. The van der Waals surface area contributed by atoms with Crippen LogP contribution in [0.5, 0.6) is 11.5 Å². The quantitative estimate of drug-likeness (QED) is 0.440. The van der Waals surface area contributed by atoms with Crippen molar-refractivity contribution in [3.8, 4) is 22.6 Å². The van der Waals surface area contributed by atoms with Crippen LogP contribution in [0.25, 0.3) is 11.1 Å². The summed E-state index contributed by atoms with van der Waals surface area (Å²) in [6.45, 7) is -3.03. The van der Waals surface area contributed by atoms with Gasteiger partial charge in [0.1, 0.15) is 17.6 Å². The zero-order valence-electron chi connectivity index (χ0n) is 18.5. The normalized spacial score (nSPS) is 14.7. The van der Waals surface area contributed by atoms with Crippen molar-refractivity contribution in [3.05, 3.63) is 82.9 Å². The highest BCUT2D eigenvalue weighted by Gasteiger charge is 2.31. The Morgan fingerprint density at radius 3 is 2.46 bits per heavy atom. The molecule has 1 heterocycles. The standard InChI is InChI=1S/C25H23F2NO6S/c26-25(27)34-21-5-2-4-20-23(21)18-12-9-16(14-35(28,31)32)13-19(18)24(33-20)17-10-7-15(8-11-17)3-1-6-22(29)30/h2,4-5,7-13,24-25H,1,3,6,14H2,(H,29,30)(H2,28,31,32). The second-order valence-electron chi connectivity index (χ2n) is 8.22. The predicted molar refractivity (Wildman–Crippen MR) is 125 cm³/mol. The number of hydrogen-bond acceptors (Lipinski definition) is 5. The SMILES string of the molecule is NS(=O)(=O)Cc1ccc2c(c1)C(c1ccc(CCCC(=O)O)cc1)Oc1cccc(OC(F)F)c1-2. The maximum Gasteiger partial charge on any atom is 0.387 e. The zero-order chi connectivity index (χ0) is 25.2. The van der Waals surface area contributed by atoms with Crippen molar-refractivity contribution >= 4 is 16.0 Å². The number of carbonyl (C=O) groups is 1. The van der Waals surface area contributed by atoms with E-state index in [4.69, 9.17) is 19.7 Å². The Balaban J connectivity index is 1.75. The van der Waals surface area contributed by atoms with Crippen LogP contribution < -0.4 is 14.6 Å². The van der Waals surface area contributed by atoms with Crippen molar-refractivity contribution in [1.29, 1.82) is 0 Å². The molecule has 10 heteroatoms. The lowest BCUT2D eigenvalue weighted by molar-refractivity contribution is -0.137. The minimum absolute atomic E-state index is 0.0508. The van der Waals surface area contributed by atoms with Crippen molar-refractivity contribution in [1.82, 2.24) is 0 Å². The number of primary sulfonamides is 1. The van der Waals surface area contributed by atoms with Crippen molar-refractivity contribution in [3.63, 3.8) is 0 Å². The number of benzene rings is 3. The largest absolute Gasteiger partial charge is 0.481 e. The van der Waals surface area contributed by atoms with Gasteiger partial charge in [-0.25, -0.2) is 13.6 Å². The Morgan fingerprint density at radius 2 is 1.80 bits per heavy atom. The summed E-state index contributed by atoms with van der Waals surface area (Å²) < 4.78 is 60.4. The van der Waals surface area contributed by atoms with Gasteiger partial charge in [0.05, 0.1) is 11.3 Å². The molecule has 184 valence electrons. The van der Waals surface area contributed by atoms with Gasteiger partial charge in [-0.2, -0.15) is 8.78 Å². The van der Waals surface area contributed by atoms with Crippen LogP contribution in [-0.4, -0.2) is 26.1 Å². The van der Waals surface area contributed by atoms with Gasteiger partial charge in [-0.1, -0.05) is 48.5 Å². The molecule has 0 saturated carbocycles. The third-order valence-electron chi connectivity index (χ3n) is 5.62. The van der Waals surface area contributed by atoms with Crippen LogP contribution in [0, 0.1) is 0 Å². The first-order valence-corrected chi connectivity index (χ1v) is 12.5. The van der Waals surface area contributed by atoms with Gasteiger partial charge in [0.25, 0.3) is 0 Å². The Morgan fingerprint density at radius 1 is 1.09 bits per heavy atom. The number of carboxylic acid groups (broad SMARTS) is 1. The molecule has 0 spiro atoms. The predicted octanol–water partition coefficient (Wildman–Crippen LogP) is 4.63. The summed E-state index contributed by atoms with van der Waals surface area (Å²) in [5.41, 5.74) is 3.67. The summed E-state index contributed by atoms with van der Waals surface area (Å²) in [6, 6.07) is 17.0. The Kier molecular flexibility index (Phi) is 7.04. The molecule has 1 aliphatic heterocycles. The van der Waals surface area contributed by atoms with Crippen molar-refractivity contribution in [2.24, 2.45) is 5.14 Å². The van der Waals surface area contributed by atoms with Crippen LogP contribution in [-0.2, 0) is 27.0 Å². The molecular formula is C25H23F2NO6S. The van der Waals surface area contributed by atoms with E-state index in [-0.39, 0.29) is 12.2 Å². The molecule has 0 aliphatic carbocycles. The molecule has 1 unspecified atom stereocenters. The second kappa shape index (κ2) is 10.0. The number of halogens is 2. The van der Waals surface area contributed by atoms with E-state index in [0.29, 0.717) is 40.8 Å². The summed E-state index contributed by atoms with van der Waals surface area (Å²) in [4.78, 5) is 10.8. The molecule has 0 radical (unpaired) electrons. The van der Waals surface area contributed by atoms with Crippen LogP contribution in [0.3, 0.4) is 0 Å². The number of sulfonamides is 1. The highest BCUT2D eigenvalue weighted by atomic mass is 32.2. The van der Waals surface area contributed by atoms with Gasteiger partial charge in [-0.05, 0) is 47.2 Å². The molecule has 3 aromatic carbocycles. The van der Waals surface area contributed by atoms with Crippen LogP contribution in [0.1, 0.15) is 41.2 Å². The van der Waals surface area contributed by atoms with E-state index >= 15 is 0 Å². The van der Waals surface area contributed by atoms with Crippen LogP contribution in [0.2, 0.25) is 0 Å². The molecule has 1 aliphatic rings. The number of rotatable bonds is 9. The van der Waals surface area contributed by atoms with E-state index in [1.54, 1.807) is 30.3 Å². The first-order valence-electron chi connectivity index (χ1n) is 10.8. The lowest BCUT2D eigenvalue weighted by Gasteiger charge is -2.31. The van der Waals surface area contributed by atoms with E-state index in [1.807, 2.05) is 24.3 Å².